The van der Waals surface area contributed by atoms with Gasteiger partial charge in [-0.25, -0.2) is 0 Å². The third kappa shape index (κ3) is 2.46. The second-order valence-corrected chi connectivity index (χ2v) is 4.08. The van der Waals surface area contributed by atoms with Crippen LogP contribution < -0.4 is 5.32 Å². The highest BCUT2D eigenvalue weighted by Gasteiger charge is 2.06. The highest BCUT2D eigenvalue weighted by molar-refractivity contribution is 7.98. The zero-order valence-electron chi connectivity index (χ0n) is 8.77. The van der Waals surface area contributed by atoms with Crippen molar-refractivity contribution in [3.05, 3.63) is 48.4 Å². The first-order valence-electron chi connectivity index (χ1n) is 4.77. The van der Waals surface area contributed by atoms with Gasteiger partial charge in [0.2, 0.25) is 0 Å². The number of nitrogens with one attached hydrogen (secondary N) is 1. The molecule has 1 aromatic heterocycles. The predicted octanol–water partition coefficient (Wildman–Crippen LogP) is 3.25. The summed E-state index contributed by atoms with van der Waals surface area (Å²) in [6.45, 7) is 0. The maximum Gasteiger partial charge on any atom is 0.258 e. The van der Waals surface area contributed by atoms with E-state index in [0.29, 0.717) is 5.56 Å². The summed E-state index contributed by atoms with van der Waals surface area (Å²) in [5, 5.41) is 2.81. The van der Waals surface area contributed by atoms with E-state index >= 15 is 0 Å². The molecule has 3 nitrogen and oxygen atoms in total. The molecule has 0 aliphatic heterocycles. The molecule has 4 heteroatoms. The lowest BCUT2D eigenvalue weighted by Gasteiger charge is -2.04. The van der Waals surface area contributed by atoms with Crippen LogP contribution in [0.3, 0.4) is 0 Å². The third-order valence-corrected chi connectivity index (χ3v) is 2.84. The smallest absolute Gasteiger partial charge is 0.258 e. The molecular weight excluding hydrogens is 222 g/mol. The number of amides is 1. The number of carbonyl (C=O) groups is 1. The van der Waals surface area contributed by atoms with Crippen molar-refractivity contribution >= 4 is 23.4 Å². The molecule has 0 radical (unpaired) electrons. The fourth-order valence-corrected chi connectivity index (χ4v) is 1.76. The van der Waals surface area contributed by atoms with Gasteiger partial charge in [-0.15, -0.1) is 11.8 Å². The summed E-state index contributed by atoms with van der Waals surface area (Å²) in [6.07, 6.45) is 4.90. The average molecular weight is 233 g/mol. The molecule has 0 unspecified atom stereocenters. The normalized spacial score (nSPS) is 10.1. The van der Waals surface area contributed by atoms with E-state index in [1.165, 1.54) is 12.5 Å². The molecular formula is C12H11NO2S. The Kier molecular flexibility index (Phi) is 3.31. The van der Waals surface area contributed by atoms with Crippen molar-refractivity contribution in [2.24, 2.45) is 0 Å². The number of rotatable bonds is 3. The van der Waals surface area contributed by atoms with E-state index in [9.17, 15) is 4.79 Å². The molecule has 16 heavy (non-hydrogen) atoms. The SMILES string of the molecule is CSc1cccc(NC(=O)c2ccoc2)c1. The minimum atomic E-state index is -0.160. The summed E-state index contributed by atoms with van der Waals surface area (Å²) >= 11 is 1.64. The van der Waals surface area contributed by atoms with Crippen LogP contribution in [0.4, 0.5) is 5.69 Å². The van der Waals surface area contributed by atoms with Gasteiger partial charge in [0, 0.05) is 10.6 Å². The summed E-state index contributed by atoms with van der Waals surface area (Å²) in [5.41, 5.74) is 1.31. The van der Waals surface area contributed by atoms with Gasteiger partial charge in [-0.2, -0.15) is 0 Å². The van der Waals surface area contributed by atoms with Gasteiger partial charge in [-0.05, 0) is 30.5 Å². The minimum Gasteiger partial charge on any atom is -0.472 e. The van der Waals surface area contributed by atoms with Crippen molar-refractivity contribution < 1.29 is 9.21 Å². The van der Waals surface area contributed by atoms with Crippen molar-refractivity contribution in [1.82, 2.24) is 0 Å². The van der Waals surface area contributed by atoms with Crippen LogP contribution in [-0.4, -0.2) is 12.2 Å². The van der Waals surface area contributed by atoms with E-state index in [-0.39, 0.29) is 5.91 Å². The number of anilines is 1. The van der Waals surface area contributed by atoms with Crippen LogP contribution in [0.2, 0.25) is 0 Å². The highest BCUT2D eigenvalue weighted by Crippen LogP contribution is 2.19. The molecule has 1 heterocycles. The van der Waals surface area contributed by atoms with Gasteiger partial charge in [-0.1, -0.05) is 6.07 Å². The fourth-order valence-electron chi connectivity index (χ4n) is 1.30. The Morgan fingerprint density at radius 3 is 2.94 bits per heavy atom. The largest absolute Gasteiger partial charge is 0.472 e. The second kappa shape index (κ2) is 4.90. The van der Waals surface area contributed by atoms with Crippen molar-refractivity contribution in [2.75, 3.05) is 11.6 Å². The lowest BCUT2D eigenvalue weighted by molar-refractivity contribution is 0.102. The van der Waals surface area contributed by atoms with Crippen molar-refractivity contribution in [3.63, 3.8) is 0 Å². The number of carbonyl (C=O) groups excluding carboxylic acids is 1. The lowest BCUT2D eigenvalue weighted by Crippen LogP contribution is -2.10. The van der Waals surface area contributed by atoms with Gasteiger partial charge < -0.3 is 9.73 Å². The molecule has 0 bridgehead atoms. The second-order valence-electron chi connectivity index (χ2n) is 3.20. The van der Waals surface area contributed by atoms with E-state index < -0.39 is 0 Å². The Labute approximate surface area is 97.8 Å². The molecule has 0 aliphatic carbocycles. The third-order valence-electron chi connectivity index (χ3n) is 2.11. The minimum absolute atomic E-state index is 0.160. The van der Waals surface area contributed by atoms with E-state index in [2.05, 4.69) is 5.32 Å². The van der Waals surface area contributed by atoms with Crippen LogP contribution in [0.1, 0.15) is 10.4 Å². The molecule has 2 aromatic rings. The molecule has 0 atom stereocenters. The maximum atomic E-state index is 11.7. The Bertz CT molecular complexity index is 480. The van der Waals surface area contributed by atoms with Crippen LogP contribution in [0, 0.1) is 0 Å². The van der Waals surface area contributed by atoms with Gasteiger partial charge in [0.1, 0.15) is 6.26 Å². The van der Waals surface area contributed by atoms with Crippen molar-refractivity contribution in [3.8, 4) is 0 Å². The lowest BCUT2D eigenvalue weighted by atomic mass is 10.3. The predicted molar refractivity (Wildman–Crippen MR) is 64.9 cm³/mol. The topological polar surface area (TPSA) is 42.2 Å². The van der Waals surface area contributed by atoms with E-state index in [0.717, 1.165) is 10.6 Å². The fraction of sp³-hybridized carbons (Fsp3) is 0.0833. The van der Waals surface area contributed by atoms with E-state index in [1.807, 2.05) is 30.5 Å². The number of benzene rings is 1. The number of hydrogen-bond donors (Lipinski definition) is 1. The first-order chi connectivity index (χ1) is 7.79. The summed E-state index contributed by atoms with van der Waals surface area (Å²) < 4.78 is 4.85. The standard InChI is InChI=1S/C12H11NO2S/c1-16-11-4-2-3-10(7-11)13-12(14)9-5-6-15-8-9/h2-8H,1H3,(H,13,14). The maximum absolute atomic E-state index is 11.7. The molecule has 0 fully saturated rings. The molecule has 0 saturated heterocycles. The first kappa shape index (κ1) is 10.8. The molecule has 82 valence electrons. The summed E-state index contributed by atoms with van der Waals surface area (Å²) in [4.78, 5) is 12.8. The molecule has 2 rings (SSSR count). The van der Waals surface area contributed by atoms with Gasteiger partial charge in [0.15, 0.2) is 0 Å². The van der Waals surface area contributed by atoms with Gasteiger partial charge in [0.05, 0.1) is 11.8 Å². The number of thioether (sulfide) groups is 1. The summed E-state index contributed by atoms with van der Waals surface area (Å²) in [7, 11) is 0. The first-order valence-corrected chi connectivity index (χ1v) is 5.99. The molecule has 1 amide bonds. The van der Waals surface area contributed by atoms with Crippen LogP contribution in [-0.2, 0) is 0 Å². The molecule has 0 saturated carbocycles. The number of furan rings is 1. The molecule has 0 aliphatic rings. The van der Waals surface area contributed by atoms with Crippen molar-refractivity contribution in [1.29, 1.82) is 0 Å². The van der Waals surface area contributed by atoms with Gasteiger partial charge >= 0.3 is 0 Å². The molecule has 1 aromatic carbocycles. The van der Waals surface area contributed by atoms with E-state index in [1.54, 1.807) is 17.8 Å². The Hall–Kier alpha value is -1.68. The van der Waals surface area contributed by atoms with Crippen LogP contribution >= 0.6 is 11.8 Å². The monoisotopic (exact) mass is 233 g/mol. The molecule has 1 N–H and O–H groups in total. The van der Waals surface area contributed by atoms with E-state index in [4.69, 9.17) is 4.42 Å². The van der Waals surface area contributed by atoms with Gasteiger partial charge in [0.25, 0.3) is 5.91 Å². The molecule has 0 spiro atoms. The number of hydrogen-bond acceptors (Lipinski definition) is 3. The quantitative estimate of drug-likeness (QED) is 0.827. The van der Waals surface area contributed by atoms with Crippen molar-refractivity contribution in [2.45, 2.75) is 4.90 Å². The average Bonchev–Trinajstić information content (AvgIpc) is 2.83. The van der Waals surface area contributed by atoms with Crippen LogP contribution in [0.15, 0.2) is 52.2 Å². The highest BCUT2D eigenvalue weighted by atomic mass is 32.2. The Morgan fingerprint density at radius 2 is 2.25 bits per heavy atom. The Balaban J connectivity index is 2.12. The van der Waals surface area contributed by atoms with Crippen LogP contribution in [0.25, 0.3) is 0 Å². The van der Waals surface area contributed by atoms with Gasteiger partial charge in [-0.3, -0.25) is 4.79 Å². The zero-order chi connectivity index (χ0) is 11.4. The van der Waals surface area contributed by atoms with Crippen LogP contribution in [0.5, 0.6) is 0 Å². The summed E-state index contributed by atoms with van der Waals surface area (Å²) in [5.74, 6) is -0.160. The summed E-state index contributed by atoms with van der Waals surface area (Å²) in [6, 6.07) is 9.34. The zero-order valence-corrected chi connectivity index (χ0v) is 9.58. The Morgan fingerprint density at radius 1 is 1.38 bits per heavy atom.